The molecule has 0 heterocycles. The van der Waals surface area contributed by atoms with Crippen LogP contribution in [0.5, 0.6) is 17.2 Å². The molecule has 0 spiro atoms. The van der Waals surface area contributed by atoms with Gasteiger partial charge < -0.3 is 14.9 Å². The van der Waals surface area contributed by atoms with Crippen LogP contribution in [-0.4, -0.2) is 16.8 Å². The third-order valence-corrected chi connectivity index (χ3v) is 1.73. The van der Waals surface area contributed by atoms with Crippen molar-refractivity contribution >= 4 is 0 Å². The van der Waals surface area contributed by atoms with Gasteiger partial charge in [0.2, 0.25) is 5.75 Å². The maximum Gasteiger partial charge on any atom is 0.200 e. The third-order valence-electron chi connectivity index (χ3n) is 1.73. The van der Waals surface area contributed by atoms with Gasteiger partial charge in [-0.05, 0) is 18.6 Å². The zero-order valence-corrected chi connectivity index (χ0v) is 7.66. The molecule has 72 valence electrons. The van der Waals surface area contributed by atoms with Crippen LogP contribution in [0.4, 0.5) is 0 Å². The lowest BCUT2D eigenvalue weighted by Gasteiger charge is -2.07. The Balaban J connectivity index is 2.61. The van der Waals surface area contributed by atoms with E-state index in [1.807, 2.05) is 0 Å². The van der Waals surface area contributed by atoms with Crippen LogP contribution >= 0.6 is 0 Å². The molecule has 1 aromatic rings. The van der Waals surface area contributed by atoms with E-state index in [1.165, 1.54) is 6.07 Å². The molecule has 0 saturated heterocycles. The van der Waals surface area contributed by atoms with Gasteiger partial charge in [0.25, 0.3) is 0 Å². The van der Waals surface area contributed by atoms with Crippen molar-refractivity contribution in [2.24, 2.45) is 0 Å². The number of unbranched alkanes of at least 4 members (excludes halogenated alkanes) is 1. The van der Waals surface area contributed by atoms with Crippen LogP contribution in [-0.2, 0) is 0 Å². The predicted octanol–water partition coefficient (Wildman–Crippen LogP) is 2.28. The van der Waals surface area contributed by atoms with Crippen LogP contribution < -0.4 is 4.74 Å². The number of hydrogen-bond donors (Lipinski definition) is 2. The monoisotopic (exact) mass is 182 g/mol. The SMILES string of the molecule is CCCCOc1cccc(O)c1O. The van der Waals surface area contributed by atoms with E-state index in [4.69, 9.17) is 9.84 Å². The summed E-state index contributed by atoms with van der Waals surface area (Å²) in [5.41, 5.74) is 0. The summed E-state index contributed by atoms with van der Waals surface area (Å²) >= 11 is 0. The molecule has 0 aliphatic rings. The van der Waals surface area contributed by atoms with Gasteiger partial charge in [-0.3, -0.25) is 0 Å². The second kappa shape index (κ2) is 4.60. The van der Waals surface area contributed by atoms with E-state index in [-0.39, 0.29) is 11.5 Å². The molecule has 3 nitrogen and oxygen atoms in total. The predicted molar refractivity (Wildman–Crippen MR) is 50.2 cm³/mol. The standard InChI is InChI=1S/C10H14O3/c1-2-3-7-13-9-6-4-5-8(11)10(9)12/h4-6,11-12H,2-3,7H2,1H3. The summed E-state index contributed by atoms with van der Waals surface area (Å²) < 4.78 is 5.25. The van der Waals surface area contributed by atoms with Gasteiger partial charge in [-0.25, -0.2) is 0 Å². The number of rotatable bonds is 4. The minimum atomic E-state index is -0.182. The fourth-order valence-electron chi connectivity index (χ4n) is 0.954. The number of phenols is 2. The van der Waals surface area contributed by atoms with E-state index >= 15 is 0 Å². The molecule has 0 radical (unpaired) electrons. The Morgan fingerprint density at radius 3 is 2.77 bits per heavy atom. The fraction of sp³-hybridized carbons (Fsp3) is 0.400. The molecule has 1 rings (SSSR count). The van der Waals surface area contributed by atoms with E-state index in [0.717, 1.165) is 12.8 Å². The van der Waals surface area contributed by atoms with Crippen molar-refractivity contribution in [1.29, 1.82) is 0 Å². The van der Waals surface area contributed by atoms with Gasteiger partial charge in [-0.2, -0.15) is 0 Å². The highest BCUT2D eigenvalue weighted by Crippen LogP contribution is 2.34. The molecule has 0 saturated carbocycles. The van der Waals surface area contributed by atoms with Gasteiger partial charge in [-0.15, -0.1) is 0 Å². The van der Waals surface area contributed by atoms with Crippen molar-refractivity contribution in [3.05, 3.63) is 18.2 Å². The average molecular weight is 182 g/mol. The highest BCUT2D eigenvalue weighted by molar-refractivity contribution is 5.48. The van der Waals surface area contributed by atoms with Crippen molar-refractivity contribution < 1.29 is 14.9 Å². The maximum absolute atomic E-state index is 9.32. The number of para-hydroxylation sites is 1. The zero-order valence-electron chi connectivity index (χ0n) is 7.66. The zero-order chi connectivity index (χ0) is 9.68. The fourth-order valence-corrected chi connectivity index (χ4v) is 0.954. The smallest absolute Gasteiger partial charge is 0.200 e. The highest BCUT2D eigenvalue weighted by Gasteiger charge is 2.05. The normalized spacial score (nSPS) is 9.92. The van der Waals surface area contributed by atoms with Crippen LogP contribution in [0, 0.1) is 0 Å². The second-order valence-corrected chi connectivity index (χ2v) is 2.83. The van der Waals surface area contributed by atoms with Gasteiger partial charge in [0.05, 0.1) is 6.61 Å². The van der Waals surface area contributed by atoms with Gasteiger partial charge in [0.1, 0.15) is 0 Å². The molecule has 0 aliphatic carbocycles. The van der Waals surface area contributed by atoms with Crippen molar-refractivity contribution in [2.45, 2.75) is 19.8 Å². The summed E-state index contributed by atoms with van der Waals surface area (Å²) in [5.74, 6) is 0.0149. The first-order valence-electron chi connectivity index (χ1n) is 4.39. The molecule has 2 N–H and O–H groups in total. The Hall–Kier alpha value is -1.38. The summed E-state index contributed by atoms with van der Waals surface area (Å²) in [4.78, 5) is 0. The molecule has 0 unspecified atom stereocenters. The Morgan fingerprint density at radius 2 is 2.08 bits per heavy atom. The largest absolute Gasteiger partial charge is 0.504 e. The molecule has 0 atom stereocenters. The summed E-state index contributed by atoms with van der Waals surface area (Å²) in [5, 5.41) is 18.4. The lowest BCUT2D eigenvalue weighted by molar-refractivity contribution is 0.287. The highest BCUT2D eigenvalue weighted by atomic mass is 16.5. The van der Waals surface area contributed by atoms with E-state index in [1.54, 1.807) is 12.1 Å². The number of phenolic OH excluding ortho intramolecular Hbond substituents is 2. The van der Waals surface area contributed by atoms with Gasteiger partial charge in [0.15, 0.2) is 11.5 Å². The minimum absolute atomic E-state index is 0.144. The lowest BCUT2D eigenvalue weighted by Crippen LogP contribution is -1.96. The lowest BCUT2D eigenvalue weighted by atomic mass is 10.3. The molecular weight excluding hydrogens is 168 g/mol. The number of ether oxygens (including phenoxy) is 1. The van der Waals surface area contributed by atoms with Crippen molar-refractivity contribution in [3.63, 3.8) is 0 Å². The molecule has 0 amide bonds. The maximum atomic E-state index is 9.32. The average Bonchev–Trinajstić information content (AvgIpc) is 2.13. The van der Waals surface area contributed by atoms with E-state index in [0.29, 0.717) is 12.4 Å². The molecule has 1 aromatic carbocycles. The van der Waals surface area contributed by atoms with E-state index in [9.17, 15) is 5.11 Å². The van der Waals surface area contributed by atoms with Gasteiger partial charge in [0, 0.05) is 0 Å². The molecular formula is C10H14O3. The van der Waals surface area contributed by atoms with Crippen molar-refractivity contribution in [3.8, 4) is 17.2 Å². The Morgan fingerprint density at radius 1 is 1.31 bits per heavy atom. The summed E-state index contributed by atoms with van der Waals surface area (Å²) in [7, 11) is 0. The number of aromatic hydroxyl groups is 2. The van der Waals surface area contributed by atoms with Crippen LogP contribution in [0.1, 0.15) is 19.8 Å². The van der Waals surface area contributed by atoms with E-state index in [2.05, 4.69) is 6.92 Å². The first kappa shape index (κ1) is 9.71. The molecule has 13 heavy (non-hydrogen) atoms. The van der Waals surface area contributed by atoms with Crippen LogP contribution in [0.2, 0.25) is 0 Å². The third kappa shape index (κ3) is 2.54. The molecule has 0 fully saturated rings. The van der Waals surface area contributed by atoms with Crippen molar-refractivity contribution in [2.75, 3.05) is 6.61 Å². The molecule has 0 aromatic heterocycles. The number of hydrogen-bond acceptors (Lipinski definition) is 3. The Kier molecular flexibility index (Phi) is 3.43. The van der Waals surface area contributed by atoms with Gasteiger partial charge in [-0.1, -0.05) is 19.4 Å². The second-order valence-electron chi connectivity index (χ2n) is 2.83. The Labute approximate surface area is 77.6 Å². The van der Waals surface area contributed by atoms with Crippen molar-refractivity contribution in [1.82, 2.24) is 0 Å². The van der Waals surface area contributed by atoms with Crippen LogP contribution in [0.25, 0.3) is 0 Å². The molecule has 0 bridgehead atoms. The molecule has 3 heteroatoms. The topological polar surface area (TPSA) is 49.7 Å². The van der Waals surface area contributed by atoms with E-state index < -0.39 is 0 Å². The molecule has 0 aliphatic heterocycles. The van der Waals surface area contributed by atoms with Gasteiger partial charge >= 0.3 is 0 Å². The Bertz CT molecular complexity index is 271. The van der Waals surface area contributed by atoms with Crippen LogP contribution in [0.15, 0.2) is 18.2 Å². The first-order valence-corrected chi connectivity index (χ1v) is 4.39. The minimum Gasteiger partial charge on any atom is -0.504 e. The number of benzene rings is 1. The summed E-state index contributed by atoms with van der Waals surface area (Å²) in [6.07, 6.45) is 1.98. The van der Waals surface area contributed by atoms with Crippen LogP contribution in [0.3, 0.4) is 0 Å². The summed E-state index contributed by atoms with van der Waals surface area (Å²) in [6, 6.07) is 4.68. The first-order chi connectivity index (χ1) is 6.25. The quantitative estimate of drug-likeness (QED) is 0.554. The summed E-state index contributed by atoms with van der Waals surface area (Å²) in [6.45, 7) is 2.62.